The summed E-state index contributed by atoms with van der Waals surface area (Å²) < 4.78 is 16.5. The Balaban J connectivity index is 0.00000108. The van der Waals surface area contributed by atoms with Gasteiger partial charge in [-0.2, -0.15) is 0 Å². The molecule has 0 N–H and O–H groups in total. The first kappa shape index (κ1) is 90.5. The fourth-order valence-electron chi connectivity index (χ4n) is 8.71. The largest absolute Gasteiger partial charge is 0.491 e. The lowest BCUT2D eigenvalue weighted by Crippen LogP contribution is -1.85. The van der Waals surface area contributed by atoms with Crippen molar-refractivity contribution in [1.29, 1.82) is 0 Å². The van der Waals surface area contributed by atoms with Crippen LogP contribution in [0.4, 0.5) is 11.4 Å². The number of ether oxygens (including phenoxy) is 1. The maximum atomic E-state index is 5.24. The van der Waals surface area contributed by atoms with Crippen LogP contribution in [-0.2, 0) is 32.1 Å². The van der Waals surface area contributed by atoms with Gasteiger partial charge in [-0.1, -0.05) is 241 Å². The fourth-order valence-corrected chi connectivity index (χ4v) is 9.39. The molecule has 0 fully saturated rings. The Labute approximate surface area is 609 Å². The van der Waals surface area contributed by atoms with Crippen molar-refractivity contribution >= 4 is 84.5 Å². The summed E-state index contributed by atoms with van der Waals surface area (Å²) in [6.45, 7) is 36.8. The summed E-state index contributed by atoms with van der Waals surface area (Å²) in [6.07, 6.45) is 30.1. The number of thiazole rings is 1. The normalized spacial score (nSPS) is 10.5. The molecule has 3 aliphatic heterocycles. The number of rotatable bonds is 0. The molecule has 0 bridgehead atoms. The van der Waals surface area contributed by atoms with Crippen LogP contribution in [0.1, 0.15) is 178 Å². The van der Waals surface area contributed by atoms with Gasteiger partial charge in [-0.15, -0.1) is 11.3 Å². The Morgan fingerprint density at radius 1 is 0.446 bits per heavy atom. The molecule has 8 aromatic heterocycles. The minimum absolute atomic E-state index is 0. The van der Waals surface area contributed by atoms with E-state index in [0.717, 1.165) is 76.2 Å². The zero-order valence-corrected chi connectivity index (χ0v) is 63.6. The molecule has 0 amide bonds. The zero-order chi connectivity index (χ0) is 73.6. The van der Waals surface area contributed by atoms with Gasteiger partial charge in [0.2, 0.25) is 5.71 Å². The van der Waals surface area contributed by atoms with Gasteiger partial charge in [-0.3, -0.25) is 19.9 Å². The predicted octanol–water partition coefficient (Wildman–Crippen LogP) is 25.0. The third kappa shape index (κ3) is 33.3. The van der Waals surface area contributed by atoms with Crippen LogP contribution in [0.5, 0.6) is 5.75 Å². The number of oxazole rings is 1. The molecule has 101 heavy (non-hydrogen) atoms. The molecule has 0 saturated heterocycles. The molecule has 15 heteroatoms. The van der Waals surface area contributed by atoms with Gasteiger partial charge >= 0.3 is 6.21 Å². The average Bonchev–Trinajstić information content (AvgIpc) is 1.39. The smallest absolute Gasteiger partial charge is 0.358 e. The molecule has 5 aliphatic rings. The number of para-hydroxylation sites is 5. The standard InChI is InChI=1S/C9H7N.C9H8.C8H9N.C8H7N.C7H7NO.C7H5NO.C7H5NS.C6H4N3.C6H4N2O.9C2H6.CH4/c1-2-6-9-8(4-1)5-3-7-10-9;1-2-5-9-7-3-6-8(9)4-1;1-3-7-4-2-6-9-8(7)5-1;1-2-4-8-7(3-1)5-6-9-8;1-3-8-5-7-6(1)2-4-9-7;2*1-2-4-7-6(3-1)8-5-9-7;1-2-5-6(7-3-1)4-8-9-5;1-2-9-6-5(1)3-7-4-8-6;9*1-2;/h1-7H;1-6H,7H2;2,4,6H,1,3,5H2;1-4,6H,5H2;1,3,5H,2,4H2;2*1-5H;2*1-4H;9*1-2H3;1H4/q;;;;;;;+1;;;;;;;;;;;. The Morgan fingerprint density at radius 2 is 1.07 bits per heavy atom. The summed E-state index contributed by atoms with van der Waals surface area (Å²) in [5.74, 6) is 0.956. The summed E-state index contributed by atoms with van der Waals surface area (Å²) in [6, 6.07) is 56.3. The van der Waals surface area contributed by atoms with Gasteiger partial charge in [0.15, 0.2) is 23.4 Å². The molecule has 0 saturated carbocycles. The second kappa shape index (κ2) is 60.7. The van der Waals surface area contributed by atoms with Crippen LogP contribution in [0.25, 0.3) is 49.4 Å². The number of aliphatic imine (C=N–C) groups is 1. The van der Waals surface area contributed by atoms with E-state index < -0.39 is 0 Å². The highest BCUT2D eigenvalue weighted by molar-refractivity contribution is 7.16. The number of hydrogen-bond donors (Lipinski definition) is 0. The molecule has 14 nitrogen and oxygen atoms in total. The Kier molecular flexibility index (Phi) is 54.4. The van der Waals surface area contributed by atoms with E-state index >= 15 is 0 Å². The van der Waals surface area contributed by atoms with Crippen molar-refractivity contribution in [2.75, 3.05) is 6.61 Å². The van der Waals surface area contributed by atoms with Crippen molar-refractivity contribution in [3.63, 3.8) is 0 Å². The zero-order valence-electron chi connectivity index (χ0n) is 62.8. The van der Waals surface area contributed by atoms with Crippen molar-refractivity contribution in [2.24, 2.45) is 10.1 Å². The molecular formula is C86H114N11O3S+. The molecule has 18 rings (SSSR count). The van der Waals surface area contributed by atoms with Gasteiger partial charge in [0.1, 0.15) is 22.7 Å². The second-order valence-corrected chi connectivity index (χ2v) is 19.2. The van der Waals surface area contributed by atoms with Crippen LogP contribution in [0.15, 0.2) is 257 Å². The summed E-state index contributed by atoms with van der Waals surface area (Å²) in [7, 11) is 0. The van der Waals surface area contributed by atoms with Crippen molar-refractivity contribution < 1.29 is 18.4 Å². The Hall–Kier alpha value is -10.5. The number of pyridine rings is 4. The maximum absolute atomic E-state index is 5.24. The first-order chi connectivity index (χ1) is 49.7. The third-order valence-electron chi connectivity index (χ3n) is 12.8. The van der Waals surface area contributed by atoms with Gasteiger partial charge in [0.25, 0.3) is 0 Å². The molecule has 0 atom stereocenters. The van der Waals surface area contributed by atoms with Crippen LogP contribution < -0.4 is 4.74 Å². The van der Waals surface area contributed by atoms with Gasteiger partial charge < -0.3 is 13.6 Å². The highest BCUT2D eigenvalue weighted by Gasteiger charge is 2.13. The Bertz CT molecular complexity index is 3730. The van der Waals surface area contributed by atoms with Crippen molar-refractivity contribution in [3.8, 4) is 5.75 Å². The van der Waals surface area contributed by atoms with Crippen LogP contribution >= 0.6 is 11.3 Å². The summed E-state index contributed by atoms with van der Waals surface area (Å²) in [4.78, 5) is 40.0. The van der Waals surface area contributed by atoms with E-state index in [-0.39, 0.29) is 7.43 Å². The average molecular weight is 1380 g/mol. The van der Waals surface area contributed by atoms with Gasteiger partial charge in [-0.25, -0.2) is 24.9 Å². The lowest BCUT2D eigenvalue weighted by atomic mass is 10.1. The van der Waals surface area contributed by atoms with E-state index in [2.05, 4.69) is 122 Å². The van der Waals surface area contributed by atoms with E-state index in [1.165, 1.54) is 75.6 Å². The number of aryl methyl sites for hydroxylation is 2. The van der Waals surface area contributed by atoms with Gasteiger partial charge in [0.05, 0.1) is 56.2 Å². The SMILES string of the molecule is C.C1=Cc2ccccc2C1.C1=Nc2ccccc2C1.C1=[N+]=Nc2cccnc21.CC.CC.CC.CC.CC.CC.CC.CC.CC.c1cc2c(cn1)OCC2.c1ccc2ncccc2c1.c1ccc2ocnc2c1.c1ccc2scnc2c1.c1cnc2c(c1)CCC2.c1ncc2ccoc2n1. The lowest BCUT2D eigenvalue weighted by molar-refractivity contribution is -0.0634. The van der Waals surface area contributed by atoms with Crippen molar-refractivity contribution in [2.45, 2.75) is 171 Å². The molecule has 11 heterocycles. The van der Waals surface area contributed by atoms with Crippen molar-refractivity contribution in [1.82, 2.24) is 39.9 Å². The minimum atomic E-state index is 0. The van der Waals surface area contributed by atoms with Crippen LogP contribution in [0.2, 0.25) is 0 Å². The molecule has 0 radical (unpaired) electrons. The first-order valence-electron chi connectivity index (χ1n) is 35.7. The highest BCUT2D eigenvalue weighted by Crippen LogP contribution is 2.24. The van der Waals surface area contributed by atoms with Crippen LogP contribution in [0, 0.1) is 0 Å². The molecule has 2 aliphatic carbocycles. The summed E-state index contributed by atoms with van der Waals surface area (Å²) in [5.41, 5.74) is 17.5. The minimum Gasteiger partial charge on any atom is -0.491 e. The molecule has 0 unspecified atom stereocenters. The third-order valence-corrected chi connectivity index (χ3v) is 13.7. The number of hydrogen-bond acceptors (Lipinski definition) is 14. The van der Waals surface area contributed by atoms with Gasteiger partial charge in [-0.05, 0) is 121 Å². The van der Waals surface area contributed by atoms with Crippen molar-refractivity contribution in [3.05, 3.63) is 277 Å². The van der Waals surface area contributed by atoms with Crippen LogP contribution in [-0.4, -0.2) is 63.7 Å². The number of aromatic nitrogens is 8. The van der Waals surface area contributed by atoms with Gasteiger partial charge in [0, 0.05) is 66.7 Å². The lowest BCUT2D eigenvalue weighted by Gasteiger charge is -1.93. The van der Waals surface area contributed by atoms with E-state index in [0.29, 0.717) is 5.71 Å². The first-order valence-corrected chi connectivity index (χ1v) is 36.6. The molecule has 0 spiro atoms. The van der Waals surface area contributed by atoms with Crippen LogP contribution in [0.3, 0.4) is 0 Å². The number of furan rings is 1. The van der Waals surface area contributed by atoms with E-state index in [4.69, 9.17) is 13.6 Å². The quantitative estimate of drug-likeness (QED) is 0.132. The van der Waals surface area contributed by atoms with E-state index in [1.807, 2.05) is 264 Å². The summed E-state index contributed by atoms with van der Waals surface area (Å²) in [5, 5.41) is 5.95. The number of nitrogens with zero attached hydrogens (tertiary/aromatic N) is 11. The number of allylic oxidation sites excluding steroid dienone is 1. The predicted molar refractivity (Wildman–Crippen MR) is 435 cm³/mol. The highest BCUT2D eigenvalue weighted by atomic mass is 32.1. The number of benzene rings is 5. The maximum Gasteiger partial charge on any atom is 0.358 e. The Morgan fingerprint density at radius 3 is 1.76 bits per heavy atom. The second-order valence-electron chi connectivity index (χ2n) is 18.3. The molecule has 13 aromatic rings. The number of fused-ring (bicyclic) bond motifs is 9. The van der Waals surface area contributed by atoms with E-state index in [9.17, 15) is 0 Å². The fraction of sp³-hybridized carbons (Fsp3) is 0.302. The molecule has 536 valence electrons. The molecular weight excluding hydrogens is 1270 g/mol. The monoisotopic (exact) mass is 1380 g/mol. The molecule has 5 aromatic carbocycles. The van der Waals surface area contributed by atoms with E-state index in [1.54, 1.807) is 48.6 Å². The topological polar surface area (TPSA) is 177 Å². The summed E-state index contributed by atoms with van der Waals surface area (Å²) >= 11 is 1.68.